The fourth-order valence-electron chi connectivity index (χ4n) is 4.34. The molecule has 5 aromatic rings. The van der Waals surface area contributed by atoms with E-state index in [0.717, 1.165) is 47.4 Å². The fourth-order valence-corrected chi connectivity index (χ4v) is 4.34. The molecule has 0 saturated carbocycles. The van der Waals surface area contributed by atoms with Gasteiger partial charge in [-0.1, -0.05) is 38.1 Å². The smallest absolute Gasteiger partial charge is 0.251 e. The summed E-state index contributed by atoms with van der Waals surface area (Å²) in [5.41, 5.74) is 4.06. The van der Waals surface area contributed by atoms with Gasteiger partial charge in [-0.25, -0.2) is 9.97 Å². The Morgan fingerprint density at radius 1 is 0.972 bits per heavy atom. The number of likely N-dealkylation sites (N-methyl/N-ethyl adjacent to an activating group) is 1. The third kappa shape index (κ3) is 4.76. The van der Waals surface area contributed by atoms with Crippen LogP contribution in [0, 0.1) is 0 Å². The molecule has 2 aromatic carbocycles. The summed E-state index contributed by atoms with van der Waals surface area (Å²) in [6.45, 7) is 7.67. The van der Waals surface area contributed by atoms with Crippen LogP contribution in [0.3, 0.4) is 0 Å². The molecule has 3 heterocycles. The second kappa shape index (κ2) is 10.5. The van der Waals surface area contributed by atoms with Gasteiger partial charge in [-0.2, -0.15) is 0 Å². The van der Waals surface area contributed by atoms with E-state index in [1.807, 2.05) is 65.6 Å². The first kappa shape index (κ1) is 23.4. The van der Waals surface area contributed by atoms with Crippen LogP contribution in [-0.4, -0.2) is 56.3 Å². The average Bonchev–Trinajstić information content (AvgIpc) is 3.42. The standard InChI is InChI=1S/C28H29N7O/c1-3-34(4-2)15-13-31-28(36)20-9-11-22(12-10-20)33-26-27-30-14-16-35(27)25(19-32-26)24-18-29-17-21-7-5-6-8-23(21)24/h5-12,14,16-19H,3-4,13,15H2,1-2H3,(H,31,36)(H,32,33). The summed E-state index contributed by atoms with van der Waals surface area (Å²) in [5, 5.41) is 8.51. The number of imidazole rings is 1. The Bertz CT molecular complexity index is 1480. The summed E-state index contributed by atoms with van der Waals surface area (Å²) in [5.74, 6) is 0.559. The number of hydrogen-bond donors (Lipinski definition) is 2. The maximum Gasteiger partial charge on any atom is 0.251 e. The van der Waals surface area contributed by atoms with Crippen LogP contribution in [0.2, 0.25) is 0 Å². The lowest BCUT2D eigenvalue weighted by Crippen LogP contribution is -2.34. The minimum absolute atomic E-state index is 0.0736. The molecule has 3 aromatic heterocycles. The minimum Gasteiger partial charge on any atom is -0.351 e. The molecule has 1 amide bonds. The molecule has 0 atom stereocenters. The van der Waals surface area contributed by atoms with Gasteiger partial charge >= 0.3 is 0 Å². The molecular weight excluding hydrogens is 450 g/mol. The lowest BCUT2D eigenvalue weighted by molar-refractivity contribution is 0.0949. The van der Waals surface area contributed by atoms with Crippen LogP contribution in [0.15, 0.2) is 79.5 Å². The summed E-state index contributed by atoms with van der Waals surface area (Å²) in [4.78, 5) is 28.4. The highest BCUT2D eigenvalue weighted by Crippen LogP contribution is 2.30. The third-order valence-corrected chi connectivity index (χ3v) is 6.39. The minimum atomic E-state index is -0.0736. The SMILES string of the molecule is CCN(CC)CCNC(=O)c1ccc(Nc2ncc(-c3cncc4ccccc34)n3ccnc23)cc1. The van der Waals surface area contributed by atoms with Gasteiger partial charge in [0.15, 0.2) is 11.5 Å². The highest BCUT2D eigenvalue weighted by atomic mass is 16.1. The normalized spacial score (nSPS) is 11.3. The summed E-state index contributed by atoms with van der Waals surface area (Å²) >= 11 is 0. The number of aromatic nitrogens is 4. The first-order valence-corrected chi connectivity index (χ1v) is 12.2. The van der Waals surface area contributed by atoms with Gasteiger partial charge in [0, 0.05) is 60.1 Å². The number of hydrogen-bond acceptors (Lipinski definition) is 6. The molecule has 0 aliphatic heterocycles. The highest BCUT2D eigenvalue weighted by Gasteiger charge is 2.13. The fraction of sp³-hybridized carbons (Fsp3) is 0.214. The number of rotatable bonds is 9. The molecule has 0 aliphatic rings. The molecule has 8 nitrogen and oxygen atoms in total. The number of fused-ring (bicyclic) bond motifs is 2. The molecule has 0 aliphatic carbocycles. The lowest BCUT2D eigenvalue weighted by Gasteiger charge is -2.18. The van der Waals surface area contributed by atoms with E-state index in [1.54, 1.807) is 6.20 Å². The van der Waals surface area contributed by atoms with E-state index in [-0.39, 0.29) is 5.91 Å². The molecule has 0 unspecified atom stereocenters. The Labute approximate surface area is 210 Å². The van der Waals surface area contributed by atoms with Crippen molar-refractivity contribution in [2.24, 2.45) is 0 Å². The van der Waals surface area contributed by atoms with Gasteiger partial charge in [0.1, 0.15) is 0 Å². The maximum atomic E-state index is 12.5. The van der Waals surface area contributed by atoms with Crippen molar-refractivity contribution in [3.05, 3.63) is 85.1 Å². The van der Waals surface area contributed by atoms with E-state index >= 15 is 0 Å². The predicted octanol–water partition coefficient (Wildman–Crippen LogP) is 4.76. The van der Waals surface area contributed by atoms with Gasteiger partial charge in [-0.15, -0.1) is 0 Å². The molecule has 5 rings (SSSR count). The topological polar surface area (TPSA) is 87.5 Å². The Balaban J connectivity index is 1.34. The average molecular weight is 480 g/mol. The Hall–Kier alpha value is -4.30. The first-order valence-electron chi connectivity index (χ1n) is 12.2. The van der Waals surface area contributed by atoms with Crippen LogP contribution in [0.5, 0.6) is 0 Å². The van der Waals surface area contributed by atoms with Gasteiger partial charge in [-0.05, 0) is 42.7 Å². The monoisotopic (exact) mass is 479 g/mol. The third-order valence-electron chi connectivity index (χ3n) is 6.39. The van der Waals surface area contributed by atoms with Crippen molar-refractivity contribution in [1.29, 1.82) is 0 Å². The summed E-state index contributed by atoms with van der Waals surface area (Å²) < 4.78 is 2.01. The molecular formula is C28H29N7O. The van der Waals surface area contributed by atoms with Gasteiger partial charge < -0.3 is 15.5 Å². The Kier molecular flexibility index (Phi) is 6.86. The quantitative estimate of drug-likeness (QED) is 0.317. The van der Waals surface area contributed by atoms with Gasteiger partial charge in [0.05, 0.1) is 11.9 Å². The van der Waals surface area contributed by atoms with E-state index in [9.17, 15) is 4.79 Å². The Morgan fingerprint density at radius 2 is 1.78 bits per heavy atom. The number of carbonyl (C=O) groups excluding carboxylic acids is 1. The van der Waals surface area contributed by atoms with Crippen molar-refractivity contribution < 1.29 is 4.79 Å². The van der Waals surface area contributed by atoms with E-state index < -0.39 is 0 Å². The lowest BCUT2D eigenvalue weighted by atomic mass is 10.1. The number of nitrogens with one attached hydrogen (secondary N) is 2. The van der Waals surface area contributed by atoms with Crippen molar-refractivity contribution in [2.75, 3.05) is 31.5 Å². The van der Waals surface area contributed by atoms with Gasteiger partial charge in [0.2, 0.25) is 0 Å². The van der Waals surface area contributed by atoms with Crippen LogP contribution in [-0.2, 0) is 0 Å². The molecule has 8 heteroatoms. The summed E-state index contributed by atoms with van der Waals surface area (Å²) in [6.07, 6.45) is 9.24. The molecule has 182 valence electrons. The molecule has 0 fully saturated rings. The van der Waals surface area contributed by atoms with Crippen LogP contribution in [0.25, 0.3) is 27.7 Å². The van der Waals surface area contributed by atoms with Crippen LogP contribution >= 0.6 is 0 Å². The maximum absolute atomic E-state index is 12.5. The molecule has 0 radical (unpaired) electrons. The van der Waals surface area contributed by atoms with Crippen molar-refractivity contribution in [3.63, 3.8) is 0 Å². The summed E-state index contributed by atoms with van der Waals surface area (Å²) in [6, 6.07) is 15.5. The number of anilines is 2. The van der Waals surface area contributed by atoms with E-state index in [4.69, 9.17) is 0 Å². The van der Waals surface area contributed by atoms with E-state index in [0.29, 0.717) is 23.6 Å². The van der Waals surface area contributed by atoms with Gasteiger partial charge in [-0.3, -0.25) is 14.2 Å². The molecule has 0 bridgehead atoms. The van der Waals surface area contributed by atoms with Crippen LogP contribution < -0.4 is 10.6 Å². The number of nitrogens with zero attached hydrogens (tertiary/aromatic N) is 5. The van der Waals surface area contributed by atoms with E-state index in [1.165, 1.54) is 0 Å². The van der Waals surface area contributed by atoms with E-state index in [2.05, 4.69) is 56.5 Å². The van der Waals surface area contributed by atoms with Crippen molar-refractivity contribution in [1.82, 2.24) is 29.6 Å². The van der Waals surface area contributed by atoms with Crippen molar-refractivity contribution in [3.8, 4) is 11.3 Å². The summed E-state index contributed by atoms with van der Waals surface area (Å²) in [7, 11) is 0. The first-order chi connectivity index (χ1) is 17.7. The molecule has 2 N–H and O–H groups in total. The molecule has 0 spiro atoms. The zero-order valence-corrected chi connectivity index (χ0v) is 20.5. The van der Waals surface area contributed by atoms with Crippen LogP contribution in [0.4, 0.5) is 11.5 Å². The highest BCUT2D eigenvalue weighted by molar-refractivity contribution is 5.96. The number of benzene rings is 2. The second-order valence-electron chi connectivity index (χ2n) is 8.51. The zero-order chi connectivity index (χ0) is 24.9. The number of amides is 1. The molecule has 0 saturated heterocycles. The number of carbonyl (C=O) groups is 1. The van der Waals surface area contributed by atoms with Gasteiger partial charge in [0.25, 0.3) is 5.91 Å². The Morgan fingerprint density at radius 3 is 2.58 bits per heavy atom. The van der Waals surface area contributed by atoms with Crippen LogP contribution in [0.1, 0.15) is 24.2 Å². The predicted molar refractivity (Wildman–Crippen MR) is 144 cm³/mol. The zero-order valence-electron chi connectivity index (χ0n) is 20.5. The van der Waals surface area contributed by atoms with Crippen molar-refractivity contribution >= 4 is 33.8 Å². The van der Waals surface area contributed by atoms with Crippen molar-refractivity contribution in [2.45, 2.75) is 13.8 Å². The molecule has 36 heavy (non-hydrogen) atoms. The largest absolute Gasteiger partial charge is 0.351 e. The number of pyridine rings is 1. The second-order valence-corrected chi connectivity index (χ2v) is 8.51.